The second kappa shape index (κ2) is 8.08. The van der Waals surface area contributed by atoms with Crippen LogP contribution in [0.15, 0.2) is 30.3 Å². The van der Waals surface area contributed by atoms with Crippen molar-refractivity contribution in [2.24, 2.45) is 11.3 Å². The number of carbonyl (C=O) groups excluding carboxylic acids is 1. The van der Waals surface area contributed by atoms with E-state index in [1.807, 2.05) is 30.3 Å². The Bertz CT molecular complexity index is 399. The van der Waals surface area contributed by atoms with Gasteiger partial charge < -0.3 is 4.74 Å². The van der Waals surface area contributed by atoms with Crippen LogP contribution in [-0.4, -0.2) is 5.97 Å². The van der Waals surface area contributed by atoms with Crippen molar-refractivity contribution in [2.75, 3.05) is 0 Å². The molecule has 2 nitrogen and oxygen atoms in total. The van der Waals surface area contributed by atoms with Crippen LogP contribution in [0, 0.1) is 11.3 Å². The molecule has 0 aliphatic rings. The molecule has 0 saturated heterocycles. The van der Waals surface area contributed by atoms with Gasteiger partial charge in [-0.1, -0.05) is 63.9 Å². The Morgan fingerprint density at radius 2 is 1.90 bits per heavy atom. The fraction of sp³-hybridized carbons (Fsp3) is 0.611. The van der Waals surface area contributed by atoms with Gasteiger partial charge in [-0.2, -0.15) is 0 Å². The minimum atomic E-state index is -0.348. The zero-order chi connectivity index (χ0) is 15.0. The van der Waals surface area contributed by atoms with Crippen molar-refractivity contribution in [2.45, 2.75) is 60.0 Å². The summed E-state index contributed by atoms with van der Waals surface area (Å²) < 4.78 is 5.55. The van der Waals surface area contributed by atoms with E-state index in [-0.39, 0.29) is 11.4 Å². The van der Waals surface area contributed by atoms with Gasteiger partial charge in [-0.3, -0.25) is 4.79 Å². The first-order valence-electron chi connectivity index (χ1n) is 7.73. The maximum Gasteiger partial charge on any atom is 0.312 e. The van der Waals surface area contributed by atoms with Crippen LogP contribution in [0.5, 0.6) is 0 Å². The lowest BCUT2D eigenvalue weighted by atomic mass is 9.77. The van der Waals surface area contributed by atoms with E-state index in [1.54, 1.807) is 0 Å². The highest BCUT2D eigenvalue weighted by molar-refractivity contribution is 5.76. The topological polar surface area (TPSA) is 26.3 Å². The quantitative estimate of drug-likeness (QED) is 0.626. The average Bonchev–Trinajstić information content (AvgIpc) is 2.45. The first-order valence-corrected chi connectivity index (χ1v) is 7.73. The summed E-state index contributed by atoms with van der Waals surface area (Å²) >= 11 is 0. The van der Waals surface area contributed by atoms with Crippen molar-refractivity contribution in [3.8, 4) is 0 Å². The molecule has 0 fully saturated rings. The van der Waals surface area contributed by atoms with Crippen LogP contribution in [0.25, 0.3) is 0 Å². The van der Waals surface area contributed by atoms with E-state index in [0.717, 1.165) is 31.2 Å². The second-order valence-corrected chi connectivity index (χ2v) is 6.09. The third-order valence-corrected chi connectivity index (χ3v) is 4.00. The van der Waals surface area contributed by atoms with Gasteiger partial charge in [-0.05, 0) is 31.2 Å². The number of ether oxygens (including phenoxy) is 1. The molecule has 0 aromatic heterocycles. The SMILES string of the molecule is CCCC(C)(C[C@H](C)CC)C(=O)OCc1ccccc1. The third-order valence-electron chi connectivity index (χ3n) is 4.00. The Kier molecular flexibility index (Phi) is 6.77. The molecule has 0 bridgehead atoms. The summed E-state index contributed by atoms with van der Waals surface area (Å²) in [4.78, 5) is 12.5. The molecule has 20 heavy (non-hydrogen) atoms. The Morgan fingerprint density at radius 3 is 2.45 bits per heavy atom. The van der Waals surface area contributed by atoms with Gasteiger partial charge >= 0.3 is 5.97 Å². The number of benzene rings is 1. The molecule has 2 heteroatoms. The fourth-order valence-electron chi connectivity index (χ4n) is 2.65. The van der Waals surface area contributed by atoms with E-state index in [0.29, 0.717) is 12.5 Å². The van der Waals surface area contributed by atoms with Gasteiger partial charge in [-0.15, -0.1) is 0 Å². The molecule has 0 spiro atoms. The molecule has 2 atom stereocenters. The molecule has 1 rings (SSSR count). The largest absolute Gasteiger partial charge is 0.460 e. The van der Waals surface area contributed by atoms with E-state index in [4.69, 9.17) is 4.74 Å². The van der Waals surface area contributed by atoms with Crippen LogP contribution in [0.3, 0.4) is 0 Å². The molecular formula is C18H28O2. The Balaban J connectivity index is 2.64. The first kappa shape index (κ1) is 16.7. The number of hydrogen-bond donors (Lipinski definition) is 0. The first-order chi connectivity index (χ1) is 9.51. The van der Waals surface area contributed by atoms with Crippen LogP contribution < -0.4 is 0 Å². The van der Waals surface area contributed by atoms with Crippen molar-refractivity contribution in [3.63, 3.8) is 0 Å². The monoisotopic (exact) mass is 276 g/mol. The van der Waals surface area contributed by atoms with E-state index in [9.17, 15) is 4.79 Å². The number of carbonyl (C=O) groups is 1. The summed E-state index contributed by atoms with van der Waals surface area (Å²) in [6.07, 6.45) is 3.91. The number of rotatable bonds is 8. The van der Waals surface area contributed by atoms with Crippen molar-refractivity contribution in [1.82, 2.24) is 0 Å². The molecule has 1 aromatic carbocycles. The minimum Gasteiger partial charge on any atom is -0.460 e. The molecule has 0 heterocycles. The zero-order valence-electron chi connectivity index (χ0n) is 13.3. The lowest BCUT2D eigenvalue weighted by Crippen LogP contribution is -2.31. The number of hydrogen-bond acceptors (Lipinski definition) is 2. The average molecular weight is 276 g/mol. The molecule has 0 saturated carbocycles. The van der Waals surface area contributed by atoms with Gasteiger partial charge in [-0.25, -0.2) is 0 Å². The smallest absolute Gasteiger partial charge is 0.312 e. The predicted molar refractivity (Wildman–Crippen MR) is 83.3 cm³/mol. The van der Waals surface area contributed by atoms with Gasteiger partial charge in [0.15, 0.2) is 0 Å². The molecular weight excluding hydrogens is 248 g/mol. The molecule has 1 unspecified atom stereocenters. The van der Waals surface area contributed by atoms with Crippen LogP contribution in [0.4, 0.5) is 0 Å². The Hall–Kier alpha value is -1.31. The van der Waals surface area contributed by atoms with Gasteiger partial charge in [0.1, 0.15) is 6.61 Å². The maximum absolute atomic E-state index is 12.5. The Morgan fingerprint density at radius 1 is 1.25 bits per heavy atom. The summed E-state index contributed by atoms with van der Waals surface area (Å²) in [7, 11) is 0. The van der Waals surface area contributed by atoms with E-state index < -0.39 is 0 Å². The van der Waals surface area contributed by atoms with Crippen LogP contribution in [0.1, 0.15) is 58.9 Å². The van der Waals surface area contributed by atoms with E-state index in [2.05, 4.69) is 27.7 Å². The van der Waals surface area contributed by atoms with Crippen molar-refractivity contribution in [1.29, 1.82) is 0 Å². The highest BCUT2D eigenvalue weighted by Gasteiger charge is 2.35. The summed E-state index contributed by atoms with van der Waals surface area (Å²) in [5.41, 5.74) is 0.696. The maximum atomic E-state index is 12.5. The van der Waals surface area contributed by atoms with Gasteiger partial charge in [0.2, 0.25) is 0 Å². The normalized spacial score (nSPS) is 15.4. The molecule has 0 aliphatic heterocycles. The van der Waals surface area contributed by atoms with Crippen molar-refractivity contribution < 1.29 is 9.53 Å². The standard InChI is InChI=1S/C18H28O2/c1-5-12-18(4,13-15(3)6-2)17(19)20-14-16-10-8-7-9-11-16/h7-11,15H,5-6,12-14H2,1-4H3/t15-,18?/m1/s1. The van der Waals surface area contributed by atoms with Gasteiger partial charge in [0, 0.05) is 0 Å². The second-order valence-electron chi connectivity index (χ2n) is 6.09. The lowest BCUT2D eigenvalue weighted by molar-refractivity contribution is -0.158. The molecule has 0 amide bonds. The van der Waals surface area contributed by atoms with E-state index in [1.165, 1.54) is 0 Å². The highest BCUT2D eigenvalue weighted by Crippen LogP contribution is 2.34. The minimum absolute atomic E-state index is 0.0523. The zero-order valence-corrected chi connectivity index (χ0v) is 13.3. The number of esters is 1. The highest BCUT2D eigenvalue weighted by atomic mass is 16.5. The van der Waals surface area contributed by atoms with Crippen molar-refractivity contribution in [3.05, 3.63) is 35.9 Å². The predicted octanol–water partition coefficient (Wildman–Crippen LogP) is 4.97. The fourth-order valence-corrected chi connectivity index (χ4v) is 2.65. The summed E-state index contributed by atoms with van der Waals surface area (Å²) in [6.45, 7) is 8.93. The Labute approximate surface area is 123 Å². The van der Waals surface area contributed by atoms with Crippen LogP contribution in [0.2, 0.25) is 0 Å². The lowest BCUT2D eigenvalue weighted by Gasteiger charge is -2.29. The molecule has 0 radical (unpaired) electrons. The van der Waals surface area contributed by atoms with Crippen LogP contribution in [-0.2, 0) is 16.1 Å². The molecule has 0 aliphatic carbocycles. The third kappa shape index (κ3) is 4.99. The van der Waals surface area contributed by atoms with E-state index >= 15 is 0 Å². The molecule has 112 valence electrons. The van der Waals surface area contributed by atoms with Crippen molar-refractivity contribution >= 4 is 5.97 Å². The van der Waals surface area contributed by atoms with Gasteiger partial charge in [0.05, 0.1) is 5.41 Å². The summed E-state index contributed by atoms with van der Waals surface area (Å²) in [5.74, 6) is 0.499. The molecule has 0 N–H and O–H groups in total. The molecule has 1 aromatic rings. The summed E-state index contributed by atoms with van der Waals surface area (Å²) in [6, 6.07) is 9.87. The van der Waals surface area contributed by atoms with Gasteiger partial charge in [0.25, 0.3) is 0 Å². The summed E-state index contributed by atoms with van der Waals surface area (Å²) in [5, 5.41) is 0. The van der Waals surface area contributed by atoms with Crippen LogP contribution >= 0.6 is 0 Å².